The average Bonchev–Trinajstić information content (AvgIpc) is 3.16. The van der Waals surface area contributed by atoms with Gasteiger partial charge in [-0.3, -0.25) is 10.1 Å². The molecule has 0 radical (unpaired) electrons. The summed E-state index contributed by atoms with van der Waals surface area (Å²) < 4.78 is 34.6. The summed E-state index contributed by atoms with van der Waals surface area (Å²) in [6.07, 6.45) is 0. The number of imide groups is 1. The van der Waals surface area contributed by atoms with E-state index in [-0.39, 0.29) is 28.2 Å². The van der Waals surface area contributed by atoms with Gasteiger partial charge in [0.05, 0.1) is 5.56 Å². The fraction of sp³-hybridized carbons (Fsp3) is 0.0455. The maximum Gasteiger partial charge on any atom is 0.335 e. The van der Waals surface area contributed by atoms with E-state index in [1.165, 1.54) is 42.5 Å². The van der Waals surface area contributed by atoms with Crippen molar-refractivity contribution < 1.29 is 33.0 Å². The van der Waals surface area contributed by atoms with E-state index >= 15 is 0 Å². The molecule has 1 spiro atoms. The van der Waals surface area contributed by atoms with E-state index in [0.29, 0.717) is 11.1 Å². The topological polar surface area (TPSA) is 105 Å². The van der Waals surface area contributed by atoms with Crippen molar-refractivity contribution in [1.82, 2.24) is 10.6 Å². The van der Waals surface area contributed by atoms with Crippen LogP contribution in [0, 0.1) is 11.6 Å². The maximum absolute atomic E-state index is 15.0. The summed E-state index contributed by atoms with van der Waals surface area (Å²) in [5, 5.41) is 13.7. The van der Waals surface area contributed by atoms with Crippen molar-refractivity contribution in [3.63, 3.8) is 0 Å². The zero-order valence-electron chi connectivity index (χ0n) is 15.5. The Bertz CT molecular complexity index is 1320. The largest absolute Gasteiger partial charge is 0.478 e. The number of nitrogens with one attached hydrogen (secondary N) is 2. The van der Waals surface area contributed by atoms with Gasteiger partial charge >= 0.3 is 12.0 Å². The maximum atomic E-state index is 15.0. The molecule has 154 valence electrons. The molecular formula is C22H12F2N2O5. The minimum absolute atomic E-state index is 0.0378. The van der Waals surface area contributed by atoms with Crippen LogP contribution < -0.4 is 15.4 Å². The molecule has 1 heterocycles. The second-order valence-corrected chi connectivity index (χ2v) is 7.11. The summed E-state index contributed by atoms with van der Waals surface area (Å²) in [6, 6.07) is 10.9. The first-order chi connectivity index (χ1) is 14.8. The summed E-state index contributed by atoms with van der Waals surface area (Å²) in [5.41, 5.74) is -0.678. The van der Waals surface area contributed by atoms with Gasteiger partial charge in [-0.2, -0.15) is 0 Å². The van der Waals surface area contributed by atoms with Crippen molar-refractivity contribution >= 4 is 17.9 Å². The third-order valence-electron chi connectivity index (χ3n) is 5.33. The highest BCUT2D eigenvalue weighted by Gasteiger charge is 2.55. The molecule has 3 N–H and O–H groups in total. The first kappa shape index (κ1) is 18.7. The number of aromatic carboxylic acids is 1. The molecule has 1 atom stereocenters. The van der Waals surface area contributed by atoms with Crippen LogP contribution in [0.3, 0.4) is 0 Å². The van der Waals surface area contributed by atoms with Crippen LogP contribution in [0.5, 0.6) is 11.5 Å². The number of fused-ring (bicyclic) bond motifs is 5. The van der Waals surface area contributed by atoms with Crippen LogP contribution in [0.15, 0.2) is 54.6 Å². The third-order valence-corrected chi connectivity index (χ3v) is 5.33. The van der Waals surface area contributed by atoms with Gasteiger partial charge in [-0.15, -0.1) is 0 Å². The highest BCUT2D eigenvalue weighted by Crippen LogP contribution is 2.51. The number of urea groups is 1. The molecule has 1 fully saturated rings. The van der Waals surface area contributed by atoms with Crippen LogP contribution in [-0.4, -0.2) is 23.0 Å². The summed E-state index contributed by atoms with van der Waals surface area (Å²) >= 11 is 0. The Kier molecular flexibility index (Phi) is 3.85. The van der Waals surface area contributed by atoms with Gasteiger partial charge in [-0.1, -0.05) is 12.1 Å². The fourth-order valence-corrected chi connectivity index (χ4v) is 4.03. The average molecular weight is 422 g/mol. The Labute approximate surface area is 173 Å². The van der Waals surface area contributed by atoms with E-state index in [1.54, 1.807) is 0 Å². The second kappa shape index (κ2) is 6.36. The van der Waals surface area contributed by atoms with Crippen LogP contribution in [0.1, 0.15) is 21.5 Å². The lowest BCUT2D eigenvalue weighted by molar-refractivity contribution is -0.122. The van der Waals surface area contributed by atoms with E-state index in [2.05, 4.69) is 10.6 Å². The minimum Gasteiger partial charge on any atom is -0.478 e. The van der Waals surface area contributed by atoms with Gasteiger partial charge in [-0.05, 0) is 53.6 Å². The predicted octanol–water partition coefficient (Wildman–Crippen LogP) is 3.52. The van der Waals surface area contributed by atoms with E-state index in [0.717, 1.165) is 12.1 Å². The Balaban J connectivity index is 1.67. The molecule has 0 bridgehead atoms. The molecule has 3 amide bonds. The quantitative estimate of drug-likeness (QED) is 0.561. The SMILES string of the molecule is O=C1NC(=O)C2(N1)c1cc(F)ccc1-c1cc(Oc3cccc(C(=O)O)c3)c(F)cc12. The number of rotatable bonds is 3. The van der Waals surface area contributed by atoms with E-state index in [9.17, 15) is 23.2 Å². The minimum atomic E-state index is -1.76. The van der Waals surface area contributed by atoms with E-state index in [4.69, 9.17) is 9.84 Å². The van der Waals surface area contributed by atoms with Crippen molar-refractivity contribution in [1.29, 1.82) is 0 Å². The molecule has 1 aliphatic carbocycles. The molecular weight excluding hydrogens is 410 g/mol. The number of ether oxygens (including phenoxy) is 1. The Morgan fingerprint density at radius 2 is 1.74 bits per heavy atom. The van der Waals surface area contributed by atoms with Crippen LogP contribution in [-0.2, 0) is 10.3 Å². The zero-order valence-corrected chi connectivity index (χ0v) is 15.5. The summed E-state index contributed by atoms with van der Waals surface area (Å²) in [7, 11) is 0. The van der Waals surface area contributed by atoms with Crippen LogP contribution in [0.2, 0.25) is 0 Å². The lowest BCUT2D eigenvalue weighted by Crippen LogP contribution is -2.43. The van der Waals surface area contributed by atoms with Gasteiger partial charge in [0.25, 0.3) is 5.91 Å². The molecule has 1 saturated heterocycles. The third kappa shape index (κ3) is 2.67. The van der Waals surface area contributed by atoms with Gasteiger partial charge in [0.1, 0.15) is 11.6 Å². The molecule has 1 aliphatic heterocycles. The molecule has 1 unspecified atom stereocenters. The predicted molar refractivity (Wildman–Crippen MR) is 103 cm³/mol. The van der Waals surface area contributed by atoms with Gasteiger partial charge in [-0.25, -0.2) is 18.4 Å². The number of carbonyl (C=O) groups excluding carboxylic acids is 2. The second-order valence-electron chi connectivity index (χ2n) is 7.11. The van der Waals surface area contributed by atoms with Crippen LogP contribution >= 0.6 is 0 Å². The number of benzene rings is 3. The van der Waals surface area contributed by atoms with Gasteiger partial charge in [0.2, 0.25) is 0 Å². The number of carboxylic acid groups (broad SMARTS) is 1. The molecule has 31 heavy (non-hydrogen) atoms. The lowest BCUT2D eigenvalue weighted by atomic mass is 9.87. The van der Waals surface area contributed by atoms with Crippen molar-refractivity contribution in [2.75, 3.05) is 0 Å². The van der Waals surface area contributed by atoms with E-state index < -0.39 is 35.1 Å². The van der Waals surface area contributed by atoms with Crippen molar-refractivity contribution in [2.45, 2.75) is 5.54 Å². The number of hydrogen-bond acceptors (Lipinski definition) is 4. The van der Waals surface area contributed by atoms with Crippen LogP contribution in [0.25, 0.3) is 11.1 Å². The Morgan fingerprint density at radius 3 is 2.45 bits per heavy atom. The first-order valence-electron chi connectivity index (χ1n) is 9.09. The molecule has 0 saturated carbocycles. The molecule has 0 aromatic heterocycles. The standard InChI is InChI=1S/C22H12F2N2O5/c23-11-4-5-13-14-8-18(31-12-3-1-2-10(6-12)19(27)28)17(24)9-16(14)22(15(13)7-11)20(29)25-21(30)26-22/h1-9H,(H,27,28)(H2,25,26,29,30). The monoisotopic (exact) mass is 422 g/mol. The van der Waals surface area contributed by atoms with Gasteiger partial charge in [0.15, 0.2) is 17.1 Å². The van der Waals surface area contributed by atoms with Gasteiger partial charge in [0, 0.05) is 11.1 Å². The number of amides is 3. The van der Waals surface area contributed by atoms with Crippen molar-refractivity contribution in [2.24, 2.45) is 0 Å². The number of carboxylic acids is 1. The van der Waals surface area contributed by atoms with Crippen molar-refractivity contribution in [3.8, 4) is 22.6 Å². The molecule has 2 aliphatic rings. The normalized spacial score (nSPS) is 18.4. The molecule has 3 aromatic carbocycles. The van der Waals surface area contributed by atoms with E-state index in [1.807, 2.05) is 0 Å². The van der Waals surface area contributed by atoms with Crippen molar-refractivity contribution in [3.05, 3.63) is 82.9 Å². The first-order valence-corrected chi connectivity index (χ1v) is 9.09. The fourth-order valence-electron chi connectivity index (χ4n) is 4.03. The van der Waals surface area contributed by atoms with Crippen LogP contribution in [0.4, 0.5) is 13.6 Å². The molecule has 3 aromatic rings. The number of carbonyl (C=O) groups is 3. The summed E-state index contributed by atoms with van der Waals surface area (Å²) in [6.45, 7) is 0. The summed E-state index contributed by atoms with van der Waals surface area (Å²) in [5.74, 6) is -3.51. The summed E-state index contributed by atoms with van der Waals surface area (Å²) in [4.78, 5) is 35.8. The van der Waals surface area contributed by atoms with Gasteiger partial charge < -0.3 is 15.2 Å². The molecule has 5 rings (SSSR count). The number of hydrogen-bond donors (Lipinski definition) is 3. The highest BCUT2D eigenvalue weighted by molar-refractivity contribution is 6.13. The Hall–Kier alpha value is -4.27. The lowest BCUT2D eigenvalue weighted by Gasteiger charge is -2.23. The molecule has 9 heteroatoms. The highest BCUT2D eigenvalue weighted by atomic mass is 19.1. The molecule has 7 nitrogen and oxygen atoms in total. The smallest absolute Gasteiger partial charge is 0.335 e. The zero-order chi connectivity index (χ0) is 21.9. The Morgan fingerprint density at radius 1 is 0.968 bits per heavy atom. The number of halogens is 2.